The van der Waals surface area contributed by atoms with Crippen molar-refractivity contribution >= 4 is 28.1 Å². The number of thiazole rings is 1. The zero-order valence-corrected chi connectivity index (χ0v) is 11.2. The Balaban J connectivity index is 1.80. The SMILES string of the molecule is Nc1cnccc1C(=O)Nc1nc2c(s1)CCCC2. The van der Waals surface area contributed by atoms with Gasteiger partial charge in [0.25, 0.3) is 5.91 Å². The Labute approximate surface area is 114 Å². The predicted octanol–water partition coefficient (Wildman–Crippen LogP) is 2.25. The lowest BCUT2D eigenvalue weighted by Gasteiger charge is -2.06. The number of amides is 1. The number of nitrogens with one attached hydrogen (secondary N) is 1. The van der Waals surface area contributed by atoms with Gasteiger partial charge in [0.2, 0.25) is 0 Å². The van der Waals surface area contributed by atoms with Crippen molar-refractivity contribution in [3.8, 4) is 0 Å². The fourth-order valence-corrected chi connectivity index (χ4v) is 3.23. The molecule has 19 heavy (non-hydrogen) atoms. The maximum Gasteiger partial charge on any atom is 0.259 e. The van der Waals surface area contributed by atoms with Crippen molar-refractivity contribution < 1.29 is 4.79 Å². The second kappa shape index (κ2) is 4.97. The Hall–Kier alpha value is -1.95. The number of fused-ring (bicyclic) bond motifs is 1. The number of nitrogens with zero attached hydrogens (tertiary/aromatic N) is 2. The first-order valence-corrected chi connectivity index (χ1v) is 7.05. The van der Waals surface area contributed by atoms with Gasteiger partial charge in [-0.05, 0) is 31.7 Å². The van der Waals surface area contributed by atoms with E-state index in [9.17, 15) is 4.79 Å². The van der Waals surface area contributed by atoms with Crippen molar-refractivity contribution in [2.24, 2.45) is 0 Å². The van der Waals surface area contributed by atoms with Crippen molar-refractivity contribution in [1.29, 1.82) is 0 Å². The summed E-state index contributed by atoms with van der Waals surface area (Å²) in [5, 5.41) is 3.48. The number of nitrogens with two attached hydrogens (primary N) is 1. The van der Waals surface area contributed by atoms with Crippen LogP contribution in [0.2, 0.25) is 0 Å². The largest absolute Gasteiger partial charge is 0.397 e. The second-order valence-electron chi connectivity index (χ2n) is 4.51. The van der Waals surface area contributed by atoms with Crippen molar-refractivity contribution in [1.82, 2.24) is 9.97 Å². The summed E-state index contributed by atoms with van der Waals surface area (Å²) in [5.74, 6) is -0.231. The number of hydrogen-bond acceptors (Lipinski definition) is 5. The van der Waals surface area contributed by atoms with Gasteiger partial charge in [-0.15, -0.1) is 11.3 Å². The number of aryl methyl sites for hydroxylation is 2. The van der Waals surface area contributed by atoms with Crippen LogP contribution in [-0.2, 0) is 12.8 Å². The van der Waals surface area contributed by atoms with Gasteiger partial charge in [-0.2, -0.15) is 0 Å². The molecule has 1 amide bonds. The van der Waals surface area contributed by atoms with Crippen LogP contribution in [0, 0.1) is 0 Å². The van der Waals surface area contributed by atoms with Crippen LogP contribution in [0.4, 0.5) is 10.8 Å². The molecular weight excluding hydrogens is 260 g/mol. The fourth-order valence-electron chi connectivity index (χ4n) is 2.18. The molecule has 3 rings (SSSR count). The van der Waals surface area contributed by atoms with E-state index >= 15 is 0 Å². The third-order valence-electron chi connectivity index (χ3n) is 3.16. The summed E-state index contributed by atoms with van der Waals surface area (Å²) < 4.78 is 0. The van der Waals surface area contributed by atoms with Crippen LogP contribution in [0.1, 0.15) is 33.8 Å². The van der Waals surface area contributed by atoms with Gasteiger partial charge in [0, 0.05) is 11.1 Å². The summed E-state index contributed by atoms with van der Waals surface area (Å²) in [4.78, 5) is 21.7. The quantitative estimate of drug-likeness (QED) is 0.880. The summed E-state index contributed by atoms with van der Waals surface area (Å²) in [6.45, 7) is 0. The second-order valence-corrected chi connectivity index (χ2v) is 5.60. The molecule has 0 spiro atoms. The highest BCUT2D eigenvalue weighted by molar-refractivity contribution is 7.15. The van der Waals surface area contributed by atoms with Crippen LogP contribution >= 0.6 is 11.3 Å². The van der Waals surface area contributed by atoms with Crippen LogP contribution in [0.5, 0.6) is 0 Å². The molecule has 3 N–H and O–H groups in total. The highest BCUT2D eigenvalue weighted by atomic mass is 32.1. The Morgan fingerprint density at radius 2 is 2.21 bits per heavy atom. The number of anilines is 2. The summed E-state index contributed by atoms with van der Waals surface area (Å²) >= 11 is 1.56. The van der Waals surface area contributed by atoms with Gasteiger partial charge in [0.15, 0.2) is 5.13 Å². The zero-order valence-electron chi connectivity index (χ0n) is 10.3. The van der Waals surface area contributed by atoms with Crippen LogP contribution in [-0.4, -0.2) is 15.9 Å². The molecule has 0 aromatic carbocycles. The van der Waals surface area contributed by atoms with Crippen molar-refractivity contribution in [2.45, 2.75) is 25.7 Å². The van der Waals surface area contributed by atoms with E-state index in [1.165, 1.54) is 23.9 Å². The summed E-state index contributed by atoms with van der Waals surface area (Å²) in [6, 6.07) is 1.61. The van der Waals surface area contributed by atoms with E-state index in [4.69, 9.17) is 5.73 Å². The predicted molar refractivity (Wildman–Crippen MR) is 75.4 cm³/mol. The Bertz CT molecular complexity index is 599. The molecule has 0 saturated heterocycles. The monoisotopic (exact) mass is 274 g/mol. The molecule has 0 bridgehead atoms. The van der Waals surface area contributed by atoms with Crippen molar-refractivity contribution in [3.63, 3.8) is 0 Å². The average Bonchev–Trinajstić information content (AvgIpc) is 2.81. The molecule has 98 valence electrons. The highest BCUT2D eigenvalue weighted by Crippen LogP contribution is 2.29. The van der Waals surface area contributed by atoms with E-state index in [1.54, 1.807) is 23.6 Å². The Kier molecular flexibility index (Phi) is 3.16. The van der Waals surface area contributed by atoms with Crippen LogP contribution in [0.25, 0.3) is 0 Å². The maximum absolute atomic E-state index is 12.1. The topological polar surface area (TPSA) is 80.9 Å². The van der Waals surface area contributed by atoms with Gasteiger partial charge < -0.3 is 5.73 Å². The molecule has 0 radical (unpaired) electrons. The molecule has 0 saturated carbocycles. The highest BCUT2D eigenvalue weighted by Gasteiger charge is 2.17. The zero-order chi connectivity index (χ0) is 13.2. The van der Waals surface area contributed by atoms with Gasteiger partial charge in [0.1, 0.15) is 0 Å². The van der Waals surface area contributed by atoms with E-state index in [0.29, 0.717) is 16.4 Å². The third-order valence-corrected chi connectivity index (χ3v) is 4.24. The fraction of sp³-hybridized carbons (Fsp3) is 0.308. The van der Waals surface area contributed by atoms with E-state index in [1.807, 2.05) is 0 Å². The minimum atomic E-state index is -0.231. The number of rotatable bonds is 2. The lowest BCUT2D eigenvalue weighted by atomic mass is 10.0. The molecule has 2 aromatic rings. The van der Waals surface area contributed by atoms with Gasteiger partial charge in [-0.1, -0.05) is 0 Å². The molecule has 5 nitrogen and oxygen atoms in total. The van der Waals surface area contributed by atoms with Crippen LogP contribution < -0.4 is 11.1 Å². The van der Waals surface area contributed by atoms with Crippen LogP contribution in [0.3, 0.4) is 0 Å². The molecule has 6 heteroatoms. The van der Waals surface area contributed by atoms with Gasteiger partial charge in [-0.25, -0.2) is 4.98 Å². The molecule has 1 aliphatic rings. The van der Waals surface area contributed by atoms with E-state index in [0.717, 1.165) is 18.5 Å². The standard InChI is InChI=1S/C13H14N4OS/c14-9-7-15-6-5-8(9)12(18)17-13-16-10-3-1-2-4-11(10)19-13/h5-7H,1-4,14H2,(H,16,17,18). The van der Waals surface area contributed by atoms with Crippen molar-refractivity contribution in [2.75, 3.05) is 11.1 Å². The summed E-state index contributed by atoms with van der Waals surface area (Å²) in [7, 11) is 0. The molecule has 0 fully saturated rings. The number of carbonyl (C=O) groups excluding carboxylic acids is 1. The molecular formula is C13H14N4OS. The van der Waals surface area contributed by atoms with Gasteiger partial charge >= 0.3 is 0 Å². The molecule has 2 heterocycles. The minimum Gasteiger partial charge on any atom is -0.397 e. The first-order chi connectivity index (χ1) is 9.24. The number of hydrogen-bond donors (Lipinski definition) is 2. The Morgan fingerprint density at radius 1 is 1.37 bits per heavy atom. The molecule has 0 aliphatic heterocycles. The smallest absolute Gasteiger partial charge is 0.259 e. The lowest BCUT2D eigenvalue weighted by molar-refractivity contribution is 0.102. The summed E-state index contributed by atoms with van der Waals surface area (Å²) in [6.07, 6.45) is 7.50. The molecule has 0 atom stereocenters. The molecule has 2 aromatic heterocycles. The number of pyridine rings is 1. The first-order valence-electron chi connectivity index (χ1n) is 6.23. The van der Waals surface area contributed by atoms with E-state index in [2.05, 4.69) is 15.3 Å². The third kappa shape index (κ3) is 2.44. The maximum atomic E-state index is 12.1. The minimum absolute atomic E-state index is 0.231. The van der Waals surface area contributed by atoms with Gasteiger partial charge in [0.05, 0.1) is 23.1 Å². The number of nitrogen functional groups attached to an aromatic ring is 1. The normalized spacial score (nSPS) is 13.9. The molecule has 1 aliphatic carbocycles. The van der Waals surface area contributed by atoms with E-state index < -0.39 is 0 Å². The first kappa shape index (κ1) is 12.1. The number of aromatic nitrogens is 2. The lowest BCUT2D eigenvalue weighted by Crippen LogP contribution is -2.14. The van der Waals surface area contributed by atoms with Crippen LogP contribution in [0.15, 0.2) is 18.5 Å². The van der Waals surface area contributed by atoms with Crippen molar-refractivity contribution in [3.05, 3.63) is 34.6 Å². The number of carbonyl (C=O) groups is 1. The average molecular weight is 274 g/mol. The Morgan fingerprint density at radius 3 is 3.00 bits per heavy atom. The van der Waals surface area contributed by atoms with Gasteiger partial charge in [-0.3, -0.25) is 15.1 Å². The molecule has 0 unspecified atom stereocenters. The summed E-state index contributed by atoms with van der Waals surface area (Å²) in [5.41, 5.74) is 7.68. The van der Waals surface area contributed by atoms with E-state index in [-0.39, 0.29) is 5.91 Å².